The summed E-state index contributed by atoms with van der Waals surface area (Å²) >= 11 is 0. The molecule has 2 aromatic carbocycles. The number of benzene rings is 2. The molecule has 0 aliphatic carbocycles. The fraction of sp³-hybridized carbons (Fsp3) is 0.375. The second kappa shape index (κ2) is 9.11. The highest BCUT2D eigenvalue weighted by Crippen LogP contribution is 2.31. The van der Waals surface area contributed by atoms with Gasteiger partial charge in [-0.15, -0.1) is 5.10 Å². The van der Waals surface area contributed by atoms with Crippen LogP contribution in [0.3, 0.4) is 0 Å². The molecule has 9 heteroatoms. The summed E-state index contributed by atoms with van der Waals surface area (Å²) in [5.41, 5.74) is 2.49. The summed E-state index contributed by atoms with van der Waals surface area (Å²) in [5, 5.41) is 12.7. The summed E-state index contributed by atoms with van der Waals surface area (Å²) in [6.07, 6.45) is 2.19. The summed E-state index contributed by atoms with van der Waals surface area (Å²) in [4.78, 5) is 9.83. The number of piperidine rings is 1. The Bertz CT molecular complexity index is 1280. The number of aromatic nitrogens is 4. The maximum Gasteiger partial charge on any atom is 0.226 e. The number of methoxy groups -OCH3 is 3. The van der Waals surface area contributed by atoms with Gasteiger partial charge in [0.05, 0.1) is 21.3 Å². The van der Waals surface area contributed by atoms with E-state index in [-0.39, 0.29) is 5.92 Å². The highest BCUT2D eigenvalue weighted by Gasteiger charge is 2.23. The minimum atomic E-state index is 0.286. The van der Waals surface area contributed by atoms with Gasteiger partial charge in [-0.1, -0.05) is 6.07 Å². The molecule has 0 unspecified atom stereocenters. The first-order valence-corrected chi connectivity index (χ1v) is 11.1. The van der Waals surface area contributed by atoms with Gasteiger partial charge in [-0.2, -0.15) is 4.52 Å². The molecule has 0 bridgehead atoms. The van der Waals surface area contributed by atoms with Crippen molar-refractivity contribution in [2.45, 2.75) is 25.3 Å². The van der Waals surface area contributed by atoms with Crippen molar-refractivity contribution in [3.05, 3.63) is 47.8 Å². The van der Waals surface area contributed by atoms with Crippen LogP contribution in [-0.4, -0.2) is 54.0 Å². The molecule has 9 nitrogen and oxygen atoms in total. The minimum absolute atomic E-state index is 0.286. The number of nitrogens with zero attached hydrogens (tertiary/aromatic N) is 4. The molecule has 1 atom stereocenters. The van der Waals surface area contributed by atoms with Gasteiger partial charge in [-0.3, -0.25) is 0 Å². The fourth-order valence-electron chi connectivity index (χ4n) is 4.32. The fourth-order valence-corrected chi connectivity index (χ4v) is 4.32. The van der Waals surface area contributed by atoms with E-state index in [0.717, 1.165) is 65.4 Å². The van der Waals surface area contributed by atoms with Crippen molar-refractivity contribution in [3.8, 4) is 17.2 Å². The summed E-state index contributed by atoms with van der Waals surface area (Å²) < 4.78 is 18.3. The molecule has 0 saturated carbocycles. The quantitative estimate of drug-likeness (QED) is 0.444. The van der Waals surface area contributed by atoms with Crippen LogP contribution in [0, 0.1) is 0 Å². The Kier molecular flexibility index (Phi) is 5.87. The Labute approximate surface area is 192 Å². The summed E-state index contributed by atoms with van der Waals surface area (Å²) in [6, 6.07) is 11.6. The van der Waals surface area contributed by atoms with Gasteiger partial charge in [0.1, 0.15) is 22.8 Å². The van der Waals surface area contributed by atoms with Crippen LogP contribution in [0.1, 0.15) is 30.1 Å². The summed E-state index contributed by atoms with van der Waals surface area (Å²) in [6.45, 7) is 2.43. The molecular formula is C24H28N6O3. The van der Waals surface area contributed by atoms with Crippen LogP contribution < -0.4 is 24.8 Å². The van der Waals surface area contributed by atoms with E-state index in [9.17, 15) is 0 Å². The Hall–Kier alpha value is -3.59. The Morgan fingerprint density at radius 3 is 2.70 bits per heavy atom. The molecule has 172 valence electrons. The number of rotatable bonds is 7. The van der Waals surface area contributed by atoms with E-state index in [1.54, 1.807) is 21.3 Å². The number of hydrogen-bond donors (Lipinski definition) is 2. The van der Waals surface area contributed by atoms with Crippen molar-refractivity contribution < 1.29 is 14.2 Å². The monoisotopic (exact) mass is 448 g/mol. The lowest BCUT2D eigenvalue weighted by Crippen LogP contribution is -2.29. The molecule has 4 aromatic rings. The summed E-state index contributed by atoms with van der Waals surface area (Å²) in [5.74, 6) is 3.90. The first kappa shape index (κ1) is 21.3. The second-order valence-electron chi connectivity index (χ2n) is 8.07. The van der Waals surface area contributed by atoms with Crippen molar-refractivity contribution in [2.75, 3.05) is 39.7 Å². The lowest BCUT2D eigenvalue weighted by Gasteiger charge is -2.19. The number of nitrogens with one attached hydrogen (secondary N) is 2. The van der Waals surface area contributed by atoms with E-state index in [1.807, 2.05) is 40.9 Å². The van der Waals surface area contributed by atoms with Crippen LogP contribution in [0.5, 0.6) is 17.2 Å². The van der Waals surface area contributed by atoms with Crippen molar-refractivity contribution in [1.82, 2.24) is 24.9 Å². The SMILES string of the molecule is COc1ccc(CNc2nc3c(OC)cccc3c3nc([C@@H]4CCCNC4)nn23)c(OC)c1. The third-order valence-electron chi connectivity index (χ3n) is 6.09. The van der Waals surface area contributed by atoms with Crippen molar-refractivity contribution in [3.63, 3.8) is 0 Å². The van der Waals surface area contributed by atoms with Gasteiger partial charge >= 0.3 is 0 Å². The van der Waals surface area contributed by atoms with Crippen molar-refractivity contribution >= 4 is 22.5 Å². The van der Waals surface area contributed by atoms with Gasteiger partial charge in [0.25, 0.3) is 0 Å². The van der Waals surface area contributed by atoms with Gasteiger partial charge in [-0.25, -0.2) is 9.97 Å². The highest BCUT2D eigenvalue weighted by atomic mass is 16.5. The lowest BCUT2D eigenvalue weighted by molar-refractivity contribution is 0.391. The first-order valence-electron chi connectivity index (χ1n) is 11.1. The topological polar surface area (TPSA) is 94.8 Å². The molecule has 2 N–H and O–H groups in total. The molecule has 0 amide bonds. The predicted molar refractivity (Wildman–Crippen MR) is 127 cm³/mol. The third kappa shape index (κ3) is 4.00. The number of anilines is 1. The number of hydrogen-bond acceptors (Lipinski definition) is 8. The zero-order valence-electron chi connectivity index (χ0n) is 19.1. The minimum Gasteiger partial charge on any atom is -0.497 e. The average Bonchev–Trinajstić information content (AvgIpc) is 3.33. The van der Waals surface area contributed by atoms with Crippen LogP contribution in [0.4, 0.5) is 5.95 Å². The molecule has 1 fully saturated rings. The average molecular weight is 449 g/mol. The van der Waals surface area contributed by atoms with Crippen LogP contribution in [0.2, 0.25) is 0 Å². The van der Waals surface area contributed by atoms with Crippen LogP contribution in [0.25, 0.3) is 16.6 Å². The molecule has 0 spiro atoms. The van der Waals surface area contributed by atoms with Gasteiger partial charge in [0.15, 0.2) is 11.5 Å². The lowest BCUT2D eigenvalue weighted by atomic mass is 9.99. The normalized spacial score (nSPS) is 16.2. The van der Waals surface area contributed by atoms with Crippen molar-refractivity contribution in [1.29, 1.82) is 0 Å². The molecule has 5 rings (SSSR count). The molecule has 0 radical (unpaired) electrons. The number of ether oxygens (including phenoxy) is 3. The van der Waals surface area contributed by atoms with E-state index in [1.165, 1.54) is 0 Å². The zero-order valence-corrected chi connectivity index (χ0v) is 19.1. The molecule has 1 aliphatic rings. The van der Waals surface area contributed by atoms with E-state index < -0.39 is 0 Å². The highest BCUT2D eigenvalue weighted by molar-refractivity contribution is 5.96. The molecule has 33 heavy (non-hydrogen) atoms. The van der Waals surface area contributed by atoms with Crippen LogP contribution in [-0.2, 0) is 6.54 Å². The van der Waals surface area contributed by atoms with Crippen LogP contribution >= 0.6 is 0 Å². The van der Waals surface area contributed by atoms with Crippen molar-refractivity contribution in [2.24, 2.45) is 0 Å². The first-order chi connectivity index (χ1) is 16.2. The molecular weight excluding hydrogens is 420 g/mol. The Balaban J connectivity index is 1.58. The smallest absolute Gasteiger partial charge is 0.226 e. The number of para-hydroxylation sites is 1. The van der Waals surface area contributed by atoms with E-state index in [2.05, 4.69) is 10.6 Å². The molecule has 2 aromatic heterocycles. The summed E-state index contributed by atoms with van der Waals surface area (Å²) in [7, 11) is 4.94. The maximum absolute atomic E-state index is 5.59. The Morgan fingerprint density at radius 2 is 1.94 bits per heavy atom. The molecule has 1 aliphatic heterocycles. The van der Waals surface area contributed by atoms with Gasteiger partial charge in [0, 0.05) is 36.0 Å². The van der Waals surface area contributed by atoms with E-state index in [4.69, 9.17) is 29.3 Å². The predicted octanol–water partition coefficient (Wildman–Crippen LogP) is 3.38. The number of fused-ring (bicyclic) bond motifs is 3. The van der Waals surface area contributed by atoms with E-state index >= 15 is 0 Å². The molecule has 1 saturated heterocycles. The maximum atomic E-state index is 5.59. The second-order valence-corrected chi connectivity index (χ2v) is 8.07. The van der Waals surface area contributed by atoms with Gasteiger partial charge in [0.2, 0.25) is 5.95 Å². The van der Waals surface area contributed by atoms with E-state index in [0.29, 0.717) is 18.2 Å². The zero-order chi connectivity index (χ0) is 22.8. The Morgan fingerprint density at radius 1 is 1.06 bits per heavy atom. The molecule has 3 heterocycles. The van der Waals surface area contributed by atoms with Gasteiger partial charge < -0.3 is 24.8 Å². The van der Waals surface area contributed by atoms with Gasteiger partial charge in [-0.05, 0) is 43.7 Å². The third-order valence-corrected chi connectivity index (χ3v) is 6.09. The van der Waals surface area contributed by atoms with Crippen LogP contribution in [0.15, 0.2) is 36.4 Å². The largest absolute Gasteiger partial charge is 0.497 e. The standard InChI is InChI=1S/C24H28N6O3/c1-31-17-10-9-15(20(12-17)33-3)14-26-24-27-21-18(7-4-8-19(21)32-2)23-28-22(29-30(23)24)16-6-5-11-25-13-16/h4,7-10,12,16,25H,5-6,11,13-14H2,1-3H3,(H,26,27)/t16-/m1/s1.